The van der Waals surface area contributed by atoms with Gasteiger partial charge in [-0.25, -0.2) is 23.5 Å². The fourth-order valence-electron chi connectivity index (χ4n) is 2.75. The van der Waals surface area contributed by atoms with Gasteiger partial charge in [0.15, 0.2) is 11.6 Å². The lowest BCUT2D eigenvalue weighted by molar-refractivity contribution is 0.00820. The first kappa shape index (κ1) is 20.3. The summed E-state index contributed by atoms with van der Waals surface area (Å²) in [5.74, 6) is -1.30. The Morgan fingerprint density at radius 1 is 1.32 bits per heavy atom. The summed E-state index contributed by atoms with van der Waals surface area (Å²) in [5, 5.41) is 2.95. The maximum absolute atomic E-state index is 14.2. The first-order valence-corrected chi connectivity index (χ1v) is 9.14. The van der Waals surface area contributed by atoms with E-state index in [9.17, 15) is 13.6 Å². The molecule has 0 saturated carbocycles. The summed E-state index contributed by atoms with van der Waals surface area (Å²) in [7, 11) is 0. The van der Waals surface area contributed by atoms with Crippen LogP contribution in [0.3, 0.4) is 0 Å². The highest BCUT2D eigenvalue weighted by Gasteiger charge is 2.35. The van der Waals surface area contributed by atoms with Crippen molar-refractivity contribution >= 4 is 29.3 Å². The standard InChI is InChI=1S/C19H21ClF2N4O2/c1-10-13(21)7-23-17(16(10)22)25-15-6-11(5-14(20)24-15)12-8-26(9-12)18(27)28-19(2,3)4/h5-7,12H,8-9H2,1-4H3,(H,23,24,25). The van der Waals surface area contributed by atoms with Gasteiger partial charge in [-0.3, -0.25) is 0 Å². The summed E-state index contributed by atoms with van der Waals surface area (Å²) < 4.78 is 32.9. The number of pyridine rings is 2. The number of carbonyl (C=O) groups excluding carboxylic acids is 1. The van der Waals surface area contributed by atoms with Gasteiger partial charge < -0.3 is 15.0 Å². The first-order valence-electron chi connectivity index (χ1n) is 8.76. The Kier molecular flexibility index (Phi) is 5.43. The highest BCUT2D eigenvalue weighted by Crippen LogP contribution is 2.32. The number of hydrogen-bond acceptors (Lipinski definition) is 5. The zero-order valence-corrected chi connectivity index (χ0v) is 16.8. The van der Waals surface area contributed by atoms with E-state index in [1.54, 1.807) is 17.0 Å². The van der Waals surface area contributed by atoms with Crippen molar-refractivity contribution in [1.82, 2.24) is 14.9 Å². The second-order valence-corrected chi connectivity index (χ2v) is 8.10. The van der Waals surface area contributed by atoms with Crippen LogP contribution in [-0.2, 0) is 4.74 Å². The molecule has 28 heavy (non-hydrogen) atoms. The number of amides is 1. The van der Waals surface area contributed by atoms with E-state index in [4.69, 9.17) is 16.3 Å². The van der Waals surface area contributed by atoms with Gasteiger partial charge in [0.25, 0.3) is 0 Å². The molecule has 1 aliphatic heterocycles. The van der Waals surface area contributed by atoms with Crippen molar-refractivity contribution in [3.05, 3.63) is 46.2 Å². The molecule has 150 valence electrons. The van der Waals surface area contributed by atoms with Crippen molar-refractivity contribution in [2.45, 2.75) is 39.2 Å². The van der Waals surface area contributed by atoms with Gasteiger partial charge in [0.1, 0.15) is 22.4 Å². The number of likely N-dealkylation sites (tertiary alicyclic amines) is 1. The van der Waals surface area contributed by atoms with E-state index < -0.39 is 17.2 Å². The van der Waals surface area contributed by atoms with Crippen molar-refractivity contribution in [3.63, 3.8) is 0 Å². The number of ether oxygens (including phenoxy) is 1. The number of nitrogens with one attached hydrogen (secondary N) is 1. The third kappa shape index (κ3) is 4.49. The third-order valence-electron chi connectivity index (χ3n) is 4.27. The molecule has 0 radical (unpaired) electrons. The first-order chi connectivity index (χ1) is 13.0. The van der Waals surface area contributed by atoms with E-state index >= 15 is 0 Å². The van der Waals surface area contributed by atoms with Gasteiger partial charge in [0.2, 0.25) is 0 Å². The normalized spacial score (nSPS) is 14.6. The van der Waals surface area contributed by atoms with Crippen molar-refractivity contribution in [3.8, 4) is 0 Å². The molecule has 1 aliphatic rings. The quantitative estimate of drug-likeness (QED) is 0.736. The van der Waals surface area contributed by atoms with Gasteiger partial charge >= 0.3 is 6.09 Å². The van der Waals surface area contributed by atoms with Crippen LogP contribution in [0.2, 0.25) is 5.15 Å². The molecule has 3 rings (SSSR count). The monoisotopic (exact) mass is 410 g/mol. The zero-order valence-electron chi connectivity index (χ0n) is 16.0. The molecule has 0 spiro atoms. The van der Waals surface area contributed by atoms with Crippen LogP contribution in [0, 0.1) is 18.6 Å². The molecule has 0 bridgehead atoms. The van der Waals surface area contributed by atoms with Gasteiger partial charge in [-0.1, -0.05) is 11.6 Å². The fraction of sp³-hybridized carbons (Fsp3) is 0.421. The van der Waals surface area contributed by atoms with Crippen LogP contribution in [0.5, 0.6) is 0 Å². The van der Waals surface area contributed by atoms with Gasteiger partial charge in [-0.2, -0.15) is 0 Å². The smallest absolute Gasteiger partial charge is 0.410 e. The summed E-state index contributed by atoms with van der Waals surface area (Å²) >= 11 is 6.09. The van der Waals surface area contributed by atoms with E-state index in [-0.39, 0.29) is 34.4 Å². The van der Waals surface area contributed by atoms with Crippen LogP contribution in [0.25, 0.3) is 0 Å². The lowest BCUT2D eigenvalue weighted by atomic mass is 9.92. The second kappa shape index (κ2) is 7.50. The summed E-state index contributed by atoms with van der Waals surface area (Å²) in [6.07, 6.45) is 0.576. The molecule has 0 unspecified atom stereocenters. The highest BCUT2D eigenvalue weighted by atomic mass is 35.5. The SMILES string of the molecule is Cc1c(F)cnc(Nc2cc(C3CN(C(=O)OC(C)(C)C)C3)cc(Cl)n2)c1F. The van der Waals surface area contributed by atoms with Gasteiger partial charge in [0.05, 0.1) is 6.20 Å². The van der Waals surface area contributed by atoms with Crippen LogP contribution in [0.4, 0.5) is 25.2 Å². The topological polar surface area (TPSA) is 67.4 Å². The number of hydrogen-bond donors (Lipinski definition) is 1. The molecule has 2 aromatic rings. The Labute approximate surface area is 166 Å². The minimum Gasteiger partial charge on any atom is -0.444 e. The predicted molar refractivity (Wildman–Crippen MR) is 102 cm³/mol. The number of carbonyl (C=O) groups is 1. The van der Waals surface area contributed by atoms with Crippen molar-refractivity contribution in [2.24, 2.45) is 0 Å². The highest BCUT2D eigenvalue weighted by molar-refractivity contribution is 6.29. The number of aromatic nitrogens is 2. The van der Waals surface area contributed by atoms with Crippen molar-refractivity contribution in [1.29, 1.82) is 0 Å². The van der Waals surface area contributed by atoms with Gasteiger partial charge in [-0.15, -0.1) is 0 Å². The molecular formula is C19H21ClF2N4O2. The molecule has 3 heterocycles. The maximum Gasteiger partial charge on any atom is 0.410 e. The molecular weight excluding hydrogens is 390 g/mol. The molecule has 1 N–H and O–H groups in total. The molecule has 1 saturated heterocycles. The fourth-order valence-corrected chi connectivity index (χ4v) is 2.96. The van der Waals surface area contributed by atoms with E-state index in [1.807, 2.05) is 20.8 Å². The Morgan fingerprint density at radius 3 is 2.64 bits per heavy atom. The molecule has 0 aliphatic carbocycles. The van der Waals surface area contributed by atoms with Gasteiger partial charge in [-0.05, 0) is 45.4 Å². The summed E-state index contributed by atoms with van der Waals surface area (Å²) in [4.78, 5) is 21.5. The molecule has 9 heteroatoms. The van der Waals surface area contributed by atoms with Gasteiger partial charge in [0, 0.05) is 24.6 Å². The minimum atomic E-state index is -0.789. The number of halogens is 3. The Morgan fingerprint density at radius 2 is 2.00 bits per heavy atom. The molecule has 0 aromatic carbocycles. The molecule has 0 atom stereocenters. The zero-order chi connectivity index (χ0) is 20.6. The molecule has 1 fully saturated rings. The van der Waals surface area contributed by atoms with E-state index in [1.165, 1.54) is 6.92 Å². The number of nitrogens with zero attached hydrogens (tertiary/aromatic N) is 3. The Hall–Kier alpha value is -2.48. The average Bonchev–Trinajstić information content (AvgIpc) is 2.52. The number of rotatable bonds is 3. The second-order valence-electron chi connectivity index (χ2n) is 7.71. The van der Waals surface area contributed by atoms with E-state index in [0.29, 0.717) is 13.1 Å². The average molecular weight is 411 g/mol. The van der Waals surface area contributed by atoms with E-state index in [0.717, 1.165) is 11.8 Å². The maximum atomic E-state index is 14.2. The molecule has 2 aromatic heterocycles. The van der Waals surface area contributed by atoms with Crippen molar-refractivity contribution < 1.29 is 18.3 Å². The minimum absolute atomic E-state index is 0.0568. The largest absolute Gasteiger partial charge is 0.444 e. The van der Waals surface area contributed by atoms with Crippen LogP contribution < -0.4 is 5.32 Å². The summed E-state index contributed by atoms with van der Waals surface area (Å²) in [5.41, 5.74) is 0.164. The predicted octanol–water partition coefficient (Wildman–Crippen LogP) is 4.79. The van der Waals surface area contributed by atoms with Crippen molar-refractivity contribution in [2.75, 3.05) is 18.4 Å². The van der Waals surface area contributed by atoms with Crippen LogP contribution in [0.1, 0.15) is 37.8 Å². The van der Waals surface area contributed by atoms with E-state index in [2.05, 4.69) is 15.3 Å². The molecule has 1 amide bonds. The van der Waals surface area contributed by atoms with Crippen LogP contribution in [-0.4, -0.2) is 39.7 Å². The summed E-state index contributed by atoms with van der Waals surface area (Å²) in [6.45, 7) is 7.73. The lowest BCUT2D eigenvalue weighted by Crippen LogP contribution is -2.50. The summed E-state index contributed by atoms with van der Waals surface area (Å²) in [6, 6.07) is 3.41. The Bertz CT molecular complexity index is 912. The molecule has 6 nitrogen and oxygen atoms in total. The Balaban J connectivity index is 1.72. The van der Waals surface area contributed by atoms with Crippen LogP contribution >= 0.6 is 11.6 Å². The van der Waals surface area contributed by atoms with Crippen LogP contribution in [0.15, 0.2) is 18.3 Å². The number of anilines is 2. The lowest BCUT2D eigenvalue weighted by Gasteiger charge is -2.40. The third-order valence-corrected chi connectivity index (χ3v) is 4.46.